The zero-order valence-electron chi connectivity index (χ0n) is 11.5. The van der Waals surface area contributed by atoms with Gasteiger partial charge in [-0.25, -0.2) is 4.98 Å². The van der Waals surface area contributed by atoms with E-state index in [0.717, 1.165) is 16.4 Å². The second-order valence-electron chi connectivity index (χ2n) is 4.23. The minimum Gasteiger partial charge on any atom is -0.490 e. The first-order chi connectivity index (χ1) is 9.51. The number of aromatic nitrogens is 1. The van der Waals surface area contributed by atoms with Gasteiger partial charge in [0.15, 0.2) is 5.75 Å². The highest BCUT2D eigenvalue weighted by atomic mass is 32.1. The number of hydrogen-bond donors (Lipinski definition) is 1. The van der Waals surface area contributed by atoms with Gasteiger partial charge in [0, 0.05) is 22.7 Å². The Balaban J connectivity index is 2.14. The third kappa shape index (κ3) is 3.05. The van der Waals surface area contributed by atoms with Gasteiger partial charge in [-0.3, -0.25) is 10.1 Å². The molecule has 0 aliphatic heterocycles. The van der Waals surface area contributed by atoms with Crippen LogP contribution in [-0.2, 0) is 6.54 Å². The molecule has 0 atom stereocenters. The number of nitrogens with one attached hydrogen (secondary N) is 1. The molecule has 2 rings (SSSR count). The van der Waals surface area contributed by atoms with Crippen LogP contribution in [0.2, 0.25) is 0 Å². The molecule has 6 nitrogen and oxygen atoms in total. The molecule has 20 heavy (non-hydrogen) atoms. The summed E-state index contributed by atoms with van der Waals surface area (Å²) >= 11 is 1.65. The minimum atomic E-state index is -0.462. The van der Waals surface area contributed by atoms with E-state index in [1.165, 1.54) is 18.1 Å². The first-order valence-electron chi connectivity index (χ1n) is 6.00. The summed E-state index contributed by atoms with van der Waals surface area (Å²) in [6.07, 6.45) is 0. The molecule has 1 N–H and O–H groups in total. The smallest absolute Gasteiger partial charge is 0.311 e. The monoisotopic (exact) mass is 293 g/mol. The fourth-order valence-corrected chi connectivity index (χ4v) is 2.69. The van der Waals surface area contributed by atoms with E-state index in [-0.39, 0.29) is 11.4 Å². The van der Waals surface area contributed by atoms with Gasteiger partial charge in [0.1, 0.15) is 0 Å². The summed E-state index contributed by atoms with van der Waals surface area (Å²) in [7, 11) is 1.42. The molecule has 106 valence electrons. The second-order valence-corrected chi connectivity index (χ2v) is 5.64. The first-order valence-corrected chi connectivity index (χ1v) is 6.82. The molecule has 0 radical (unpaired) electrons. The van der Waals surface area contributed by atoms with Gasteiger partial charge in [-0.15, -0.1) is 11.3 Å². The van der Waals surface area contributed by atoms with Gasteiger partial charge in [-0.05, 0) is 19.9 Å². The Labute approximate surface area is 120 Å². The highest BCUT2D eigenvalue weighted by molar-refractivity contribution is 7.11. The molecule has 0 amide bonds. The fourth-order valence-electron chi connectivity index (χ4n) is 1.86. The molecule has 0 saturated carbocycles. The molecule has 0 unspecified atom stereocenters. The highest BCUT2D eigenvalue weighted by Crippen LogP contribution is 2.30. The van der Waals surface area contributed by atoms with Gasteiger partial charge in [-0.2, -0.15) is 0 Å². The molecule has 2 aromatic rings. The SMILES string of the molecule is COc1cc(NCc2nc(C)sc2C)ccc1[N+](=O)[O-]. The van der Waals surface area contributed by atoms with Crippen molar-refractivity contribution in [2.75, 3.05) is 12.4 Å². The summed E-state index contributed by atoms with van der Waals surface area (Å²) < 4.78 is 5.03. The zero-order chi connectivity index (χ0) is 14.7. The number of nitrogens with zero attached hydrogens (tertiary/aromatic N) is 2. The van der Waals surface area contributed by atoms with Crippen molar-refractivity contribution in [2.24, 2.45) is 0 Å². The number of benzene rings is 1. The summed E-state index contributed by atoms with van der Waals surface area (Å²) in [5.41, 5.74) is 1.71. The van der Waals surface area contributed by atoms with Gasteiger partial charge in [0.05, 0.1) is 29.3 Å². The van der Waals surface area contributed by atoms with Crippen molar-refractivity contribution in [3.05, 3.63) is 43.9 Å². The summed E-state index contributed by atoms with van der Waals surface area (Å²) in [4.78, 5) is 16.0. The van der Waals surface area contributed by atoms with Crippen LogP contribution >= 0.6 is 11.3 Å². The van der Waals surface area contributed by atoms with Crippen molar-refractivity contribution in [2.45, 2.75) is 20.4 Å². The molecule has 7 heteroatoms. The Morgan fingerprint density at radius 3 is 2.75 bits per heavy atom. The van der Waals surface area contributed by atoms with Gasteiger partial charge in [0.2, 0.25) is 0 Å². The highest BCUT2D eigenvalue weighted by Gasteiger charge is 2.14. The molecule has 0 bridgehead atoms. The predicted molar refractivity (Wildman–Crippen MR) is 78.6 cm³/mol. The lowest BCUT2D eigenvalue weighted by molar-refractivity contribution is -0.385. The number of aryl methyl sites for hydroxylation is 2. The number of hydrogen-bond acceptors (Lipinski definition) is 6. The number of ether oxygens (including phenoxy) is 1. The molecule has 1 heterocycles. The van der Waals surface area contributed by atoms with E-state index in [2.05, 4.69) is 10.3 Å². The van der Waals surface area contributed by atoms with Crippen LogP contribution in [0.15, 0.2) is 18.2 Å². The van der Waals surface area contributed by atoms with Crippen LogP contribution in [-0.4, -0.2) is 17.0 Å². The topological polar surface area (TPSA) is 77.3 Å². The van der Waals surface area contributed by atoms with Crippen molar-refractivity contribution in [1.82, 2.24) is 4.98 Å². The molecule has 0 fully saturated rings. The van der Waals surface area contributed by atoms with E-state index in [9.17, 15) is 10.1 Å². The number of rotatable bonds is 5. The average Bonchev–Trinajstić information content (AvgIpc) is 2.74. The Bertz CT molecular complexity index is 640. The maximum absolute atomic E-state index is 10.8. The largest absolute Gasteiger partial charge is 0.490 e. The molecule has 0 spiro atoms. The first kappa shape index (κ1) is 14.3. The van der Waals surface area contributed by atoms with Gasteiger partial charge < -0.3 is 10.1 Å². The number of anilines is 1. The standard InChI is InChI=1S/C13H15N3O3S/c1-8-11(15-9(2)20-8)7-14-10-4-5-12(16(17)18)13(6-10)19-3/h4-6,14H,7H2,1-3H3. The van der Waals surface area contributed by atoms with Gasteiger partial charge in [-0.1, -0.05) is 0 Å². The number of methoxy groups -OCH3 is 1. The summed E-state index contributed by atoms with van der Waals surface area (Å²) in [5, 5.41) is 15.0. The molecular weight excluding hydrogens is 278 g/mol. The molecule has 0 aliphatic carbocycles. The molecule has 1 aromatic carbocycles. The maximum Gasteiger partial charge on any atom is 0.311 e. The van der Waals surface area contributed by atoms with E-state index in [1.54, 1.807) is 23.5 Å². The molecular formula is C13H15N3O3S. The van der Waals surface area contributed by atoms with Crippen LogP contribution in [0.1, 0.15) is 15.6 Å². The lowest BCUT2D eigenvalue weighted by atomic mass is 10.2. The summed E-state index contributed by atoms with van der Waals surface area (Å²) in [5.74, 6) is 0.242. The Kier molecular flexibility index (Phi) is 4.19. The molecule has 0 aliphatic rings. The van der Waals surface area contributed by atoms with Crippen LogP contribution in [0.5, 0.6) is 5.75 Å². The third-order valence-electron chi connectivity index (χ3n) is 2.84. The van der Waals surface area contributed by atoms with E-state index >= 15 is 0 Å². The Morgan fingerprint density at radius 2 is 2.20 bits per heavy atom. The molecule has 0 saturated heterocycles. The lowest BCUT2D eigenvalue weighted by Crippen LogP contribution is -2.02. The van der Waals surface area contributed by atoms with Crippen LogP contribution < -0.4 is 10.1 Å². The lowest BCUT2D eigenvalue weighted by Gasteiger charge is -2.07. The van der Waals surface area contributed by atoms with E-state index in [0.29, 0.717) is 6.54 Å². The quantitative estimate of drug-likeness (QED) is 0.676. The molecule has 1 aromatic heterocycles. The van der Waals surface area contributed by atoms with E-state index in [4.69, 9.17) is 4.74 Å². The zero-order valence-corrected chi connectivity index (χ0v) is 12.3. The van der Waals surface area contributed by atoms with Gasteiger partial charge in [0.25, 0.3) is 0 Å². The predicted octanol–water partition coefficient (Wildman–Crippen LogP) is 3.29. The number of nitro groups is 1. The average molecular weight is 293 g/mol. The van der Waals surface area contributed by atoms with E-state index in [1.807, 2.05) is 13.8 Å². The normalized spacial score (nSPS) is 10.3. The Hall–Kier alpha value is -2.15. The maximum atomic E-state index is 10.8. The second kappa shape index (κ2) is 5.87. The fraction of sp³-hybridized carbons (Fsp3) is 0.308. The van der Waals surface area contributed by atoms with E-state index < -0.39 is 4.92 Å². The van der Waals surface area contributed by atoms with Crippen LogP contribution in [0.4, 0.5) is 11.4 Å². The Morgan fingerprint density at radius 1 is 1.45 bits per heavy atom. The third-order valence-corrected chi connectivity index (χ3v) is 3.76. The summed E-state index contributed by atoms with van der Waals surface area (Å²) in [6.45, 7) is 4.57. The van der Waals surface area contributed by atoms with Crippen LogP contribution in [0.25, 0.3) is 0 Å². The van der Waals surface area contributed by atoms with Crippen molar-refractivity contribution in [1.29, 1.82) is 0 Å². The van der Waals surface area contributed by atoms with Crippen molar-refractivity contribution in [3.8, 4) is 5.75 Å². The van der Waals surface area contributed by atoms with Crippen molar-refractivity contribution >= 4 is 22.7 Å². The summed E-state index contributed by atoms with van der Waals surface area (Å²) in [6, 6.07) is 4.71. The van der Waals surface area contributed by atoms with Crippen LogP contribution in [0.3, 0.4) is 0 Å². The van der Waals surface area contributed by atoms with Crippen molar-refractivity contribution < 1.29 is 9.66 Å². The van der Waals surface area contributed by atoms with Gasteiger partial charge >= 0.3 is 5.69 Å². The number of thiazole rings is 1. The van der Waals surface area contributed by atoms with Crippen LogP contribution in [0, 0.1) is 24.0 Å². The minimum absolute atomic E-state index is 0.0428. The van der Waals surface area contributed by atoms with Crippen molar-refractivity contribution in [3.63, 3.8) is 0 Å². The number of nitro benzene ring substituents is 1.